The van der Waals surface area contributed by atoms with Gasteiger partial charge in [-0.1, -0.05) is 17.4 Å². The van der Waals surface area contributed by atoms with Crippen molar-refractivity contribution in [3.8, 4) is 10.7 Å². The lowest BCUT2D eigenvalue weighted by Crippen LogP contribution is -2.34. The maximum absolute atomic E-state index is 12.1. The molecule has 0 spiro atoms. The largest absolute Gasteiger partial charge is 0.295 e. The Hall–Kier alpha value is -2.68. The lowest BCUT2D eigenvalue weighted by atomic mass is 10.1. The highest BCUT2D eigenvalue weighted by molar-refractivity contribution is 7.18. The highest BCUT2D eigenvalue weighted by Gasteiger charge is 2.22. The molecule has 1 aliphatic heterocycles. The summed E-state index contributed by atoms with van der Waals surface area (Å²) >= 11 is 1.23. The van der Waals surface area contributed by atoms with Crippen LogP contribution >= 0.6 is 11.3 Å². The molecule has 1 N–H and O–H groups in total. The van der Waals surface area contributed by atoms with E-state index in [0.717, 1.165) is 0 Å². The molecule has 0 atom stereocenters. The van der Waals surface area contributed by atoms with Gasteiger partial charge in [0, 0.05) is 26.1 Å². The maximum Gasteiger partial charge on any atom is 0.273 e. The van der Waals surface area contributed by atoms with Crippen molar-refractivity contribution in [1.29, 1.82) is 0 Å². The van der Waals surface area contributed by atoms with Crippen LogP contribution in [0, 0.1) is 0 Å². The maximum atomic E-state index is 12.1. The molecular weight excluding hydrogens is 304 g/mol. The number of hydrogen-bond donors (Lipinski definition) is 1. The first-order valence-corrected chi connectivity index (χ1v) is 7.35. The van der Waals surface area contributed by atoms with Crippen molar-refractivity contribution >= 4 is 34.0 Å². The minimum Gasteiger partial charge on any atom is -0.295 e. The summed E-state index contributed by atoms with van der Waals surface area (Å²) in [6.07, 6.45) is 2.26. The van der Waals surface area contributed by atoms with Gasteiger partial charge in [0.1, 0.15) is 11.4 Å². The number of aromatic nitrogens is 3. The van der Waals surface area contributed by atoms with Crippen molar-refractivity contribution in [1.82, 2.24) is 20.2 Å². The zero-order chi connectivity index (χ0) is 15.5. The summed E-state index contributed by atoms with van der Waals surface area (Å²) in [7, 11) is 1.53. The number of carbonyl (C=O) groups is 2. The van der Waals surface area contributed by atoms with Gasteiger partial charge < -0.3 is 0 Å². The Bertz CT molecular complexity index is 742. The standard InChI is InChI=1S/C13H12N6O2S/c1-19-10(20)6-5-8(18-19)11(21)15-13-17-16-12(22-13)9-4-2-3-7-14-9/h2-4,7H,5-6H2,1H3,(H,15,17,21). The molecule has 112 valence electrons. The van der Waals surface area contributed by atoms with Crippen molar-refractivity contribution < 1.29 is 9.59 Å². The normalized spacial score (nSPS) is 14.7. The molecule has 0 aromatic carbocycles. The fourth-order valence-electron chi connectivity index (χ4n) is 1.87. The van der Waals surface area contributed by atoms with Gasteiger partial charge in [-0.05, 0) is 12.1 Å². The summed E-state index contributed by atoms with van der Waals surface area (Å²) in [6.45, 7) is 0. The van der Waals surface area contributed by atoms with Gasteiger partial charge in [0.15, 0.2) is 5.01 Å². The second-order valence-electron chi connectivity index (χ2n) is 4.55. The van der Waals surface area contributed by atoms with Crippen molar-refractivity contribution in [3.05, 3.63) is 24.4 Å². The topological polar surface area (TPSA) is 100 Å². The van der Waals surface area contributed by atoms with Crippen LogP contribution in [0.4, 0.5) is 5.13 Å². The highest BCUT2D eigenvalue weighted by Crippen LogP contribution is 2.24. The molecule has 1 aliphatic rings. The van der Waals surface area contributed by atoms with Crippen molar-refractivity contribution in [2.24, 2.45) is 5.10 Å². The van der Waals surface area contributed by atoms with Crippen molar-refractivity contribution in [2.45, 2.75) is 12.8 Å². The third-order valence-electron chi connectivity index (χ3n) is 3.00. The monoisotopic (exact) mass is 316 g/mol. The van der Waals surface area contributed by atoms with E-state index < -0.39 is 0 Å². The van der Waals surface area contributed by atoms with Gasteiger partial charge in [-0.15, -0.1) is 10.2 Å². The van der Waals surface area contributed by atoms with E-state index in [0.29, 0.717) is 28.0 Å². The van der Waals surface area contributed by atoms with E-state index in [1.54, 1.807) is 6.20 Å². The van der Waals surface area contributed by atoms with Gasteiger partial charge >= 0.3 is 0 Å². The molecule has 2 amide bonds. The Morgan fingerprint density at radius 1 is 1.32 bits per heavy atom. The van der Waals surface area contributed by atoms with Crippen molar-refractivity contribution in [3.63, 3.8) is 0 Å². The molecule has 8 nitrogen and oxygen atoms in total. The number of amides is 2. The molecule has 0 bridgehead atoms. The van der Waals surface area contributed by atoms with E-state index >= 15 is 0 Å². The van der Waals surface area contributed by atoms with Gasteiger partial charge in [0.25, 0.3) is 5.91 Å². The Morgan fingerprint density at radius 2 is 2.18 bits per heavy atom. The summed E-state index contributed by atoms with van der Waals surface area (Å²) < 4.78 is 0. The molecule has 0 fully saturated rings. The molecule has 9 heteroatoms. The average molecular weight is 316 g/mol. The van der Waals surface area contributed by atoms with Crippen LogP contribution in [0.3, 0.4) is 0 Å². The molecular formula is C13H12N6O2S. The van der Waals surface area contributed by atoms with E-state index in [2.05, 4.69) is 25.6 Å². The average Bonchev–Trinajstić information content (AvgIpc) is 2.99. The van der Waals surface area contributed by atoms with Crippen LogP contribution in [-0.4, -0.2) is 44.8 Å². The highest BCUT2D eigenvalue weighted by atomic mass is 32.1. The predicted molar refractivity (Wildman–Crippen MR) is 81.2 cm³/mol. The summed E-state index contributed by atoms with van der Waals surface area (Å²) in [6, 6.07) is 5.48. The molecule has 0 aliphatic carbocycles. The minimum absolute atomic E-state index is 0.107. The second-order valence-corrected chi connectivity index (χ2v) is 5.52. The Morgan fingerprint density at radius 3 is 2.91 bits per heavy atom. The number of anilines is 1. The van der Waals surface area contributed by atoms with Crippen LogP contribution in [0.5, 0.6) is 0 Å². The Kier molecular flexibility index (Phi) is 3.88. The quantitative estimate of drug-likeness (QED) is 0.915. The Balaban J connectivity index is 1.72. The first-order chi connectivity index (χ1) is 10.6. The number of rotatable bonds is 3. The summed E-state index contributed by atoms with van der Waals surface area (Å²) in [5, 5.41) is 16.7. The van der Waals surface area contributed by atoms with Crippen LogP contribution in [0.1, 0.15) is 12.8 Å². The van der Waals surface area contributed by atoms with Gasteiger partial charge in [-0.25, -0.2) is 5.01 Å². The molecule has 3 rings (SSSR count). The minimum atomic E-state index is -0.372. The molecule has 3 heterocycles. The summed E-state index contributed by atoms with van der Waals surface area (Å²) in [5.41, 5.74) is 0.998. The van der Waals surface area contributed by atoms with Crippen LogP contribution in [-0.2, 0) is 9.59 Å². The van der Waals surface area contributed by atoms with E-state index in [9.17, 15) is 9.59 Å². The smallest absolute Gasteiger partial charge is 0.273 e. The van der Waals surface area contributed by atoms with Crippen molar-refractivity contribution in [2.75, 3.05) is 12.4 Å². The SMILES string of the molecule is CN1N=C(C(=O)Nc2nnc(-c3ccccn3)s2)CCC1=O. The molecule has 0 radical (unpaired) electrons. The number of pyridine rings is 1. The lowest BCUT2D eigenvalue weighted by molar-refractivity contribution is -0.130. The fourth-order valence-corrected chi connectivity index (χ4v) is 2.58. The van der Waals surface area contributed by atoms with Gasteiger partial charge in [0.05, 0.1) is 0 Å². The summed E-state index contributed by atoms with van der Waals surface area (Å²) in [5.74, 6) is -0.479. The molecule has 0 unspecified atom stereocenters. The molecule has 2 aromatic rings. The van der Waals surface area contributed by atoms with E-state index in [1.165, 1.54) is 23.4 Å². The molecule has 0 saturated carbocycles. The number of nitrogens with one attached hydrogen (secondary N) is 1. The van der Waals surface area contributed by atoms with Crippen LogP contribution in [0.2, 0.25) is 0 Å². The summed E-state index contributed by atoms with van der Waals surface area (Å²) in [4.78, 5) is 27.6. The second kappa shape index (κ2) is 5.98. The molecule has 2 aromatic heterocycles. The molecule has 22 heavy (non-hydrogen) atoms. The van der Waals surface area contributed by atoms with Gasteiger partial charge in [-0.3, -0.25) is 19.9 Å². The fraction of sp³-hybridized carbons (Fsp3) is 0.231. The van der Waals surface area contributed by atoms with Crippen LogP contribution < -0.4 is 5.32 Å². The van der Waals surface area contributed by atoms with Gasteiger partial charge in [0.2, 0.25) is 11.0 Å². The third-order valence-corrected chi connectivity index (χ3v) is 3.86. The van der Waals surface area contributed by atoms with Crippen LogP contribution in [0.25, 0.3) is 10.7 Å². The first kappa shape index (κ1) is 14.3. The lowest BCUT2D eigenvalue weighted by Gasteiger charge is -2.18. The van der Waals surface area contributed by atoms with E-state index in [4.69, 9.17) is 0 Å². The molecule has 0 saturated heterocycles. The zero-order valence-electron chi connectivity index (χ0n) is 11.7. The van der Waals surface area contributed by atoms with E-state index in [1.807, 2.05) is 18.2 Å². The number of hydrazone groups is 1. The number of carbonyl (C=O) groups excluding carboxylic acids is 2. The Labute approximate surface area is 129 Å². The van der Waals surface area contributed by atoms with E-state index in [-0.39, 0.29) is 18.2 Å². The third kappa shape index (κ3) is 2.98. The number of nitrogens with zero attached hydrogens (tertiary/aromatic N) is 5. The van der Waals surface area contributed by atoms with Gasteiger partial charge in [-0.2, -0.15) is 5.10 Å². The first-order valence-electron chi connectivity index (χ1n) is 6.54. The predicted octanol–water partition coefficient (Wildman–Crippen LogP) is 1.15. The number of hydrogen-bond acceptors (Lipinski definition) is 7. The zero-order valence-corrected chi connectivity index (χ0v) is 12.5. The van der Waals surface area contributed by atoms with Crippen LogP contribution in [0.15, 0.2) is 29.5 Å².